The first-order chi connectivity index (χ1) is 15.2. The molecule has 0 amide bonds. The zero-order valence-corrected chi connectivity index (χ0v) is 19.0. The number of carbonyl (C=O) groups is 2. The third-order valence-electron chi connectivity index (χ3n) is 5.50. The van der Waals surface area contributed by atoms with E-state index >= 15 is 0 Å². The lowest BCUT2D eigenvalue weighted by Gasteiger charge is -2.29. The van der Waals surface area contributed by atoms with Gasteiger partial charge in [0.15, 0.2) is 11.4 Å². The van der Waals surface area contributed by atoms with E-state index in [0.29, 0.717) is 29.7 Å². The molecule has 1 aromatic carbocycles. The molecular formula is C24H30N2O6. The summed E-state index contributed by atoms with van der Waals surface area (Å²) in [5, 5.41) is 9.40. The number of ether oxygens (including phenoxy) is 3. The number of hydrogen-bond donors (Lipinski definition) is 1. The molecule has 0 bridgehead atoms. The smallest absolute Gasteiger partial charge is 0.347 e. The van der Waals surface area contributed by atoms with Crippen molar-refractivity contribution in [3.05, 3.63) is 47.7 Å². The quantitative estimate of drug-likeness (QED) is 0.591. The van der Waals surface area contributed by atoms with Gasteiger partial charge in [-0.25, -0.2) is 9.78 Å². The second-order valence-corrected chi connectivity index (χ2v) is 8.58. The third-order valence-corrected chi connectivity index (χ3v) is 5.50. The molecule has 0 aliphatic carbocycles. The fourth-order valence-electron chi connectivity index (χ4n) is 3.59. The molecule has 0 radical (unpaired) electrons. The van der Waals surface area contributed by atoms with Gasteiger partial charge in [-0.1, -0.05) is 0 Å². The molecular weight excluding hydrogens is 412 g/mol. The van der Waals surface area contributed by atoms with Gasteiger partial charge in [-0.05, 0) is 58.5 Å². The minimum Gasteiger partial charge on any atom is -0.497 e. The van der Waals surface area contributed by atoms with Crippen molar-refractivity contribution in [3.8, 4) is 17.4 Å². The molecule has 8 heteroatoms. The van der Waals surface area contributed by atoms with Crippen LogP contribution in [0.4, 0.5) is 0 Å². The van der Waals surface area contributed by atoms with Gasteiger partial charge in [-0.3, -0.25) is 4.79 Å². The van der Waals surface area contributed by atoms with Crippen LogP contribution in [0.5, 0.6) is 17.4 Å². The van der Waals surface area contributed by atoms with Crippen LogP contribution in [-0.4, -0.2) is 66.2 Å². The zero-order valence-electron chi connectivity index (χ0n) is 19.0. The second-order valence-electron chi connectivity index (χ2n) is 8.58. The van der Waals surface area contributed by atoms with Gasteiger partial charge in [0, 0.05) is 36.4 Å². The number of carboxylic acid groups (broad SMARTS) is 1. The van der Waals surface area contributed by atoms with E-state index in [2.05, 4.69) is 16.9 Å². The van der Waals surface area contributed by atoms with Crippen LogP contribution in [0.15, 0.2) is 36.5 Å². The molecule has 1 aliphatic heterocycles. The monoisotopic (exact) mass is 442 g/mol. The lowest BCUT2D eigenvalue weighted by Crippen LogP contribution is -2.38. The molecule has 1 aliphatic rings. The van der Waals surface area contributed by atoms with Crippen LogP contribution >= 0.6 is 0 Å². The van der Waals surface area contributed by atoms with Crippen molar-refractivity contribution in [1.82, 2.24) is 9.88 Å². The minimum atomic E-state index is -1.52. The Labute approximate surface area is 188 Å². The summed E-state index contributed by atoms with van der Waals surface area (Å²) in [4.78, 5) is 31.2. The van der Waals surface area contributed by atoms with E-state index in [1.165, 1.54) is 33.2 Å². The summed E-state index contributed by atoms with van der Waals surface area (Å²) in [5.74, 6) is 0.0285. The van der Waals surface area contributed by atoms with Crippen LogP contribution in [0.25, 0.3) is 0 Å². The molecule has 1 atom stereocenters. The van der Waals surface area contributed by atoms with Crippen LogP contribution < -0.4 is 14.2 Å². The van der Waals surface area contributed by atoms with Gasteiger partial charge in [0.2, 0.25) is 5.88 Å². The Morgan fingerprint density at radius 3 is 2.66 bits per heavy atom. The number of likely N-dealkylation sites (tertiary alicyclic amines) is 1. The Bertz CT molecular complexity index is 957. The van der Waals surface area contributed by atoms with Gasteiger partial charge in [-0.15, -0.1) is 0 Å². The highest BCUT2D eigenvalue weighted by molar-refractivity contribution is 6.10. The molecule has 3 rings (SSSR count). The number of carbonyl (C=O) groups excluding carboxylic acids is 1. The fourth-order valence-corrected chi connectivity index (χ4v) is 3.59. The Balaban J connectivity index is 1.74. The largest absolute Gasteiger partial charge is 0.497 e. The summed E-state index contributed by atoms with van der Waals surface area (Å²) < 4.78 is 16.7. The third kappa shape index (κ3) is 5.76. The summed E-state index contributed by atoms with van der Waals surface area (Å²) in [6, 6.07) is 8.00. The lowest BCUT2D eigenvalue weighted by atomic mass is 10.00. The number of carboxylic acids is 1. The van der Waals surface area contributed by atoms with Gasteiger partial charge >= 0.3 is 5.97 Å². The minimum absolute atomic E-state index is 0.128. The van der Waals surface area contributed by atoms with Crippen LogP contribution in [0, 0.1) is 5.92 Å². The van der Waals surface area contributed by atoms with Gasteiger partial charge in [0.1, 0.15) is 11.5 Å². The highest BCUT2D eigenvalue weighted by Crippen LogP contribution is 2.30. The average Bonchev–Trinajstić information content (AvgIpc) is 2.77. The van der Waals surface area contributed by atoms with Crippen LogP contribution in [0.2, 0.25) is 0 Å². The first-order valence-electron chi connectivity index (χ1n) is 10.6. The van der Waals surface area contributed by atoms with E-state index in [1.54, 1.807) is 24.3 Å². The predicted molar refractivity (Wildman–Crippen MR) is 119 cm³/mol. The maximum atomic E-state index is 13.1. The maximum absolute atomic E-state index is 13.1. The molecule has 2 aromatic rings. The summed E-state index contributed by atoms with van der Waals surface area (Å²) in [6.45, 7) is 5.54. The number of ketones is 1. The van der Waals surface area contributed by atoms with E-state index in [0.717, 1.165) is 25.9 Å². The molecule has 1 saturated heterocycles. The highest BCUT2D eigenvalue weighted by Gasteiger charge is 2.31. The van der Waals surface area contributed by atoms with Crippen molar-refractivity contribution < 1.29 is 28.9 Å². The number of aliphatic carboxylic acids is 1. The standard InChI is InChI=1S/C24H30N2O6/c1-24(2,23(28)29)32-20-12-18(30-4)8-9-19(20)22(27)17-7-10-21(25-13-17)31-15-16-6-5-11-26(3)14-16/h7-10,12-13,16H,5-6,11,14-15H2,1-4H3,(H,28,29). The molecule has 1 aromatic heterocycles. The number of rotatable bonds is 9. The molecule has 0 spiro atoms. The molecule has 2 heterocycles. The number of aromatic nitrogens is 1. The predicted octanol–water partition coefficient (Wildman–Crippen LogP) is 3.28. The van der Waals surface area contributed by atoms with Crippen molar-refractivity contribution in [2.75, 3.05) is 33.9 Å². The summed E-state index contributed by atoms with van der Waals surface area (Å²) >= 11 is 0. The highest BCUT2D eigenvalue weighted by atomic mass is 16.5. The molecule has 1 N–H and O–H groups in total. The van der Waals surface area contributed by atoms with Crippen LogP contribution in [0.1, 0.15) is 42.6 Å². The zero-order chi connectivity index (χ0) is 23.3. The van der Waals surface area contributed by atoms with Gasteiger partial charge in [0.25, 0.3) is 0 Å². The van der Waals surface area contributed by atoms with E-state index in [9.17, 15) is 14.7 Å². The van der Waals surface area contributed by atoms with Crippen molar-refractivity contribution in [2.45, 2.75) is 32.3 Å². The molecule has 32 heavy (non-hydrogen) atoms. The summed E-state index contributed by atoms with van der Waals surface area (Å²) in [7, 11) is 3.59. The second kappa shape index (κ2) is 9.99. The van der Waals surface area contributed by atoms with E-state index in [1.807, 2.05) is 0 Å². The van der Waals surface area contributed by atoms with Crippen molar-refractivity contribution in [1.29, 1.82) is 0 Å². The summed E-state index contributed by atoms with van der Waals surface area (Å²) in [5.41, 5.74) is -0.955. The van der Waals surface area contributed by atoms with Crippen LogP contribution in [-0.2, 0) is 4.79 Å². The number of benzene rings is 1. The van der Waals surface area contributed by atoms with E-state index in [4.69, 9.17) is 14.2 Å². The van der Waals surface area contributed by atoms with Crippen LogP contribution in [0.3, 0.4) is 0 Å². The van der Waals surface area contributed by atoms with Gasteiger partial charge < -0.3 is 24.2 Å². The van der Waals surface area contributed by atoms with Gasteiger partial charge in [-0.2, -0.15) is 0 Å². The van der Waals surface area contributed by atoms with Crippen molar-refractivity contribution >= 4 is 11.8 Å². The molecule has 172 valence electrons. The first-order valence-corrected chi connectivity index (χ1v) is 10.6. The topological polar surface area (TPSA) is 98.2 Å². The average molecular weight is 443 g/mol. The summed E-state index contributed by atoms with van der Waals surface area (Å²) in [6.07, 6.45) is 3.76. The molecule has 8 nitrogen and oxygen atoms in total. The lowest BCUT2D eigenvalue weighted by molar-refractivity contribution is -0.152. The molecule has 1 fully saturated rings. The Kier molecular flexibility index (Phi) is 7.35. The first kappa shape index (κ1) is 23.5. The number of pyridine rings is 1. The normalized spacial score (nSPS) is 16.9. The number of methoxy groups -OCH3 is 1. The number of piperidine rings is 1. The Hall–Kier alpha value is -3.13. The van der Waals surface area contributed by atoms with Crippen molar-refractivity contribution in [3.63, 3.8) is 0 Å². The molecule has 1 unspecified atom stereocenters. The SMILES string of the molecule is COc1ccc(C(=O)c2ccc(OCC3CCCN(C)C3)nc2)c(OC(C)(C)C(=O)O)c1. The van der Waals surface area contributed by atoms with E-state index < -0.39 is 11.6 Å². The Morgan fingerprint density at radius 1 is 1.25 bits per heavy atom. The van der Waals surface area contributed by atoms with Gasteiger partial charge in [0.05, 0.1) is 19.3 Å². The number of nitrogens with zero attached hydrogens (tertiary/aromatic N) is 2. The Morgan fingerprint density at radius 2 is 2.03 bits per heavy atom. The molecule has 0 saturated carbocycles. The number of hydrogen-bond acceptors (Lipinski definition) is 7. The van der Waals surface area contributed by atoms with Crippen molar-refractivity contribution in [2.24, 2.45) is 5.92 Å². The maximum Gasteiger partial charge on any atom is 0.347 e. The fraction of sp³-hybridized carbons (Fsp3) is 0.458. The van der Waals surface area contributed by atoms with E-state index in [-0.39, 0.29) is 17.1 Å².